The van der Waals surface area contributed by atoms with Gasteiger partial charge >= 0.3 is 5.97 Å². The van der Waals surface area contributed by atoms with Crippen molar-refractivity contribution in [2.75, 3.05) is 20.6 Å². The number of nitrogens with zero attached hydrogens (tertiary/aromatic N) is 2. The smallest absolute Gasteiger partial charge is 0.326 e. The normalized spacial score (nSPS) is 25.3. The molecule has 0 aromatic heterocycles. The Balaban J connectivity index is 1.42. The first-order chi connectivity index (χ1) is 19.0. The number of hydrogen-bond acceptors (Lipinski definition) is 4. The predicted octanol–water partition coefficient (Wildman–Crippen LogP) is 4.43. The molecule has 40 heavy (non-hydrogen) atoms. The van der Waals surface area contributed by atoms with Crippen molar-refractivity contribution in [3.05, 3.63) is 59.7 Å². The first kappa shape index (κ1) is 27.9. The van der Waals surface area contributed by atoms with Crippen molar-refractivity contribution in [1.29, 1.82) is 0 Å². The molecule has 2 aromatic carbocycles. The molecule has 3 N–H and O–H groups in total. The molecule has 0 spiro atoms. The zero-order chi connectivity index (χ0) is 28.6. The van der Waals surface area contributed by atoms with Crippen molar-refractivity contribution < 1.29 is 24.3 Å². The van der Waals surface area contributed by atoms with Crippen LogP contribution in [0.3, 0.4) is 0 Å². The highest BCUT2D eigenvalue weighted by Crippen LogP contribution is 2.60. The van der Waals surface area contributed by atoms with Crippen molar-refractivity contribution >= 4 is 23.7 Å². The van der Waals surface area contributed by atoms with Crippen LogP contribution in [0.2, 0.25) is 0 Å². The van der Waals surface area contributed by atoms with Gasteiger partial charge in [-0.3, -0.25) is 14.4 Å². The van der Waals surface area contributed by atoms with Crippen LogP contribution in [0.5, 0.6) is 0 Å². The quantitative estimate of drug-likeness (QED) is 0.457. The SMILES string of the molecule is CN(C)C(=O)c1cccc(-c2ccc(C(=O)N(CC34CC5CC(CC(C5)C3)C4)[C@@H](CCC(N)=O)C(=O)O)cc2)c1. The van der Waals surface area contributed by atoms with Gasteiger partial charge < -0.3 is 20.6 Å². The number of hydrogen-bond donors (Lipinski definition) is 2. The molecule has 4 fully saturated rings. The van der Waals surface area contributed by atoms with E-state index in [-0.39, 0.29) is 30.1 Å². The highest BCUT2D eigenvalue weighted by atomic mass is 16.4. The summed E-state index contributed by atoms with van der Waals surface area (Å²) in [7, 11) is 3.41. The molecule has 3 amide bonds. The molecule has 6 rings (SSSR count). The molecule has 0 unspecified atom stereocenters. The van der Waals surface area contributed by atoms with E-state index in [0.29, 0.717) is 35.4 Å². The van der Waals surface area contributed by atoms with Crippen LogP contribution in [0.4, 0.5) is 0 Å². The lowest BCUT2D eigenvalue weighted by molar-refractivity contribution is -0.144. The standard InChI is InChI=1S/C32H39N3O5/c1-34(2)29(37)26-5-3-4-25(15-26)23-6-8-24(9-7-23)30(38)35(27(31(39)40)10-11-28(33)36)19-32-16-20-12-21(17-32)14-22(13-20)18-32/h3-9,15,20-22,27H,10-14,16-19H2,1-2H3,(H2,33,36)(H,39,40)/t20?,21?,22?,27-,32?/m0/s1. The summed E-state index contributed by atoms with van der Waals surface area (Å²) in [4.78, 5) is 53.5. The third-order valence-electron chi connectivity index (χ3n) is 9.24. The first-order valence-corrected chi connectivity index (χ1v) is 14.3. The molecule has 2 aromatic rings. The molecule has 1 atom stereocenters. The van der Waals surface area contributed by atoms with Crippen molar-refractivity contribution in [2.24, 2.45) is 28.9 Å². The van der Waals surface area contributed by atoms with Crippen molar-refractivity contribution in [2.45, 2.75) is 57.4 Å². The molecule has 8 nitrogen and oxygen atoms in total. The van der Waals surface area contributed by atoms with Gasteiger partial charge in [-0.15, -0.1) is 0 Å². The van der Waals surface area contributed by atoms with Crippen LogP contribution in [0.1, 0.15) is 72.1 Å². The van der Waals surface area contributed by atoms with Crippen LogP contribution in [0, 0.1) is 23.2 Å². The predicted molar refractivity (Wildman–Crippen MR) is 151 cm³/mol. The van der Waals surface area contributed by atoms with Gasteiger partial charge in [0.2, 0.25) is 5.91 Å². The Morgan fingerprint density at radius 2 is 1.48 bits per heavy atom. The molecule has 4 aliphatic rings. The molecular formula is C32H39N3O5. The zero-order valence-corrected chi connectivity index (χ0v) is 23.3. The summed E-state index contributed by atoms with van der Waals surface area (Å²) in [6, 6.07) is 13.3. The van der Waals surface area contributed by atoms with Gasteiger partial charge in [-0.05, 0) is 104 Å². The summed E-state index contributed by atoms with van der Waals surface area (Å²) in [6.07, 6.45) is 6.75. The third-order valence-corrected chi connectivity index (χ3v) is 9.24. The number of rotatable bonds is 10. The lowest BCUT2D eigenvalue weighted by atomic mass is 9.49. The van der Waals surface area contributed by atoms with Gasteiger partial charge in [-0.2, -0.15) is 0 Å². The van der Waals surface area contributed by atoms with Gasteiger partial charge in [0, 0.05) is 38.2 Å². The summed E-state index contributed by atoms with van der Waals surface area (Å²) in [6.45, 7) is 0.390. The number of carboxylic acid groups (broad SMARTS) is 1. The van der Waals surface area contributed by atoms with Crippen LogP contribution in [-0.4, -0.2) is 65.3 Å². The van der Waals surface area contributed by atoms with Gasteiger partial charge in [-0.1, -0.05) is 24.3 Å². The van der Waals surface area contributed by atoms with E-state index < -0.39 is 17.9 Å². The second-order valence-electron chi connectivity index (χ2n) is 12.6. The van der Waals surface area contributed by atoms with Gasteiger partial charge in [0.05, 0.1) is 0 Å². The molecular weight excluding hydrogens is 506 g/mol. The molecule has 4 aliphatic carbocycles. The lowest BCUT2D eigenvalue weighted by Crippen LogP contribution is -2.55. The number of carbonyl (C=O) groups excluding carboxylic acids is 3. The van der Waals surface area contributed by atoms with Gasteiger partial charge in [0.15, 0.2) is 0 Å². The van der Waals surface area contributed by atoms with Crippen LogP contribution in [0.25, 0.3) is 11.1 Å². The minimum absolute atomic E-state index is 0.00640. The van der Waals surface area contributed by atoms with E-state index >= 15 is 0 Å². The Morgan fingerprint density at radius 3 is 2.00 bits per heavy atom. The number of benzene rings is 2. The molecule has 212 valence electrons. The lowest BCUT2D eigenvalue weighted by Gasteiger charge is -2.58. The minimum atomic E-state index is -1.12. The summed E-state index contributed by atoms with van der Waals surface area (Å²) in [5.74, 6) is -0.143. The molecule has 4 bridgehead atoms. The van der Waals surface area contributed by atoms with Crippen molar-refractivity contribution in [3.8, 4) is 11.1 Å². The first-order valence-electron chi connectivity index (χ1n) is 14.3. The third kappa shape index (κ3) is 5.76. The molecule has 0 saturated heterocycles. The summed E-state index contributed by atoms with van der Waals surface area (Å²) in [5.41, 5.74) is 7.98. The summed E-state index contributed by atoms with van der Waals surface area (Å²) in [5, 5.41) is 10.2. The van der Waals surface area contributed by atoms with Gasteiger partial charge in [0.25, 0.3) is 11.8 Å². The van der Waals surface area contributed by atoms with E-state index in [9.17, 15) is 24.3 Å². The average molecular weight is 546 g/mol. The molecule has 0 aliphatic heterocycles. The minimum Gasteiger partial charge on any atom is -0.480 e. The van der Waals surface area contributed by atoms with E-state index in [1.165, 1.54) is 29.1 Å². The summed E-state index contributed by atoms with van der Waals surface area (Å²) < 4.78 is 0. The van der Waals surface area contributed by atoms with E-state index in [1.807, 2.05) is 30.3 Å². The second kappa shape index (κ2) is 11.1. The second-order valence-corrected chi connectivity index (χ2v) is 12.6. The summed E-state index contributed by atoms with van der Waals surface area (Å²) >= 11 is 0. The van der Waals surface area contributed by atoms with E-state index in [4.69, 9.17) is 5.73 Å². The van der Waals surface area contributed by atoms with Gasteiger partial charge in [0.1, 0.15) is 6.04 Å². The Bertz CT molecular complexity index is 1270. The number of amides is 3. The number of nitrogens with two attached hydrogens (primary N) is 1. The maximum absolute atomic E-state index is 14.0. The Labute approximate surface area is 235 Å². The zero-order valence-electron chi connectivity index (χ0n) is 23.3. The number of primary amides is 1. The number of carbonyl (C=O) groups is 4. The van der Waals surface area contributed by atoms with E-state index in [1.54, 1.807) is 32.3 Å². The fourth-order valence-corrected chi connectivity index (χ4v) is 7.92. The number of carboxylic acids is 1. The molecule has 8 heteroatoms. The van der Waals surface area contributed by atoms with E-state index in [2.05, 4.69) is 0 Å². The van der Waals surface area contributed by atoms with Crippen LogP contribution in [-0.2, 0) is 9.59 Å². The average Bonchev–Trinajstić information content (AvgIpc) is 2.90. The molecule has 0 heterocycles. The van der Waals surface area contributed by atoms with Crippen molar-refractivity contribution in [1.82, 2.24) is 9.80 Å². The molecule has 4 saturated carbocycles. The van der Waals surface area contributed by atoms with Gasteiger partial charge in [-0.25, -0.2) is 4.79 Å². The maximum Gasteiger partial charge on any atom is 0.326 e. The van der Waals surface area contributed by atoms with E-state index in [0.717, 1.165) is 30.4 Å². The monoisotopic (exact) mass is 545 g/mol. The Kier molecular flexibility index (Phi) is 7.71. The Morgan fingerprint density at radius 1 is 0.875 bits per heavy atom. The highest BCUT2D eigenvalue weighted by Gasteiger charge is 2.52. The maximum atomic E-state index is 14.0. The topological polar surface area (TPSA) is 121 Å². The van der Waals surface area contributed by atoms with Crippen LogP contribution >= 0.6 is 0 Å². The fraction of sp³-hybridized carbons (Fsp3) is 0.500. The van der Waals surface area contributed by atoms with Crippen molar-refractivity contribution in [3.63, 3.8) is 0 Å². The number of aliphatic carboxylic acids is 1. The van der Waals surface area contributed by atoms with Crippen LogP contribution in [0.15, 0.2) is 48.5 Å². The highest BCUT2D eigenvalue weighted by molar-refractivity contribution is 5.98. The van der Waals surface area contributed by atoms with Crippen LogP contribution < -0.4 is 5.73 Å². The largest absolute Gasteiger partial charge is 0.480 e. The fourth-order valence-electron chi connectivity index (χ4n) is 7.92. The molecule has 0 radical (unpaired) electrons. The Hall–Kier alpha value is -3.68.